The highest BCUT2D eigenvalue weighted by atomic mass is 16.1. The first kappa shape index (κ1) is 10.6. The Kier molecular flexibility index (Phi) is 2.86. The molecule has 1 heterocycles. The van der Waals surface area contributed by atoms with Gasteiger partial charge >= 0.3 is 0 Å². The number of aromatic nitrogens is 1. The number of hydrogen-bond donors (Lipinski definition) is 1. The van der Waals surface area contributed by atoms with Gasteiger partial charge in [-0.25, -0.2) is 0 Å². The van der Waals surface area contributed by atoms with Crippen LogP contribution < -0.4 is 5.32 Å². The molecule has 0 aliphatic rings. The molecule has 1 unspecified atom stereocenters. The van der Waals surface area contributed by atoms with Crippen molar-refractivity contribution in [3.05, 3.63) is 42.1 Å². The zero-order chi connectivity index (χ0) is 11.5. The van der Waals surface area contributed by atoms with Crippen LogP contribution in [-0.4, -0.2) is 10.9 Å². The Morgan fingerprint density at radius 3 is 2.75 bits per heavy atom. The topological polar surface area (TPSA) is 42.0 Å². The first-order valence-corrected chi connectivity index (χ1v) is 5.29. The lowest BCUT2D eigenvalue weighted by molar-refractivity contribution is -0.119. The quantitative estimate of drug-likeness (QED) is 0.834. The smallest absolute Gasteiger partial charge is 0.217 e. The third kappa shape index (κ3) is 2.19. The van der Waals surface area contributed by atoms with Gasteiger partial charge in [-0.05, 0) is 19.1 Å². The van der Waals surface area contributed by atoms with Gasteiger partial charge in [0.2, 0.25) is 5.91 Å². The molecule has 0 aliphatic carbocycles. The molecule has 1 amide bonds. The SMILES string of the molecule is CC(=O)NC(C)c1ccc2ccccc2n1. The second-order valence-corrected chi connectivity index (χ2v) is 3.85. The largest absolute Gasteiger partial charge is 0.348 e. The van der Waals surface area contributed by atoms with E-state index in [-0.39, 0.29) is 11.9 Å². The lowest BCUT2D eigenvalue weighted by Crippen LogP contribution is -2.24. The molecule has 0 fully saturated rings. The fourth-order valence-electron chi connectivity index (χ4n) is 1.70. The number of amides is 1. The maximum Gasteiger partial charge on any atom is 0.217 e. The van der Waals surface area contributed by atoms with Crippen molar-refractivity contribution in [2.75, 3.05) is 0 Å². The molecule has 2 aromatic rings. The molecule has 0 saturated heterocycles. The first-order chi connectivity index (χ1) is 7.66. The molecule has 1 aromatic heterocycles. The summed E-state index contributed by atoms with van der Waals surface area (Å²) < 4.78 is 0. The van der Waals surface area contributed by atoms with Crippen molar-refractivity contribution in [3.63, 3.8) is 0 Å². The van der Waals surface area contributed by atoms with Crippen LogP contribution >= 0.6 is 0 Å². The van der Waals surface area contributed by atoms with E-state index in [0.29, 0.717) is 0 Å². The fraction of sp³-hybridized carbons (Fsp3) is 0.231. The molecule has 2 rings (SSSR count). The van der Waals surface area contributed by atoms with Gasteiger partial charge in [-0.1, -0.05) is 24.3 Å². The minimum absolute atomic E-state index is 0.0394. The number of hydrogen-bond acceptors (Lipinski definition) is 2. The van der Waals surface area contributed by atoms with Gasteiger partial charge in [0.05, 0.1) is 17.3 Å². The predicted octanol–water partition coefficient (Wildman–Crippen LogP) is 2.43. The van der Waals surface area contributed by atoms with Crippen LogP contribution in [0.5, 0.6) is 0 Å². The summed E-state index contributed by atoms with van der Waals surface area (Å²) in [7, 11) is 0. The second kappa shape index (κ2) is 4.31. The number of carbonyl (C=O) groups is 1. The fourth-order valence-corrected chi connectivity index (χ4v) is 1.70. The van der Waals surface area contributed by atoms with Crippen LogP contribution in [0.15, 0.2) is 36.4 Å². The van der Waals surface area contributed by atoms with Crippen molar-refractivity contribution in [2.24, 2.45) is 0 Å². The molecule has 0 spiro atoms. The van der Waals surface area contributed by atoms with E-state index in [1.165, 1.54) is 6.92 Å². The molecule has 3 nitrogen and oxygen atoms in total. The average molecular weight is 214 g/mol. The zero-order valence-electron chi connectivity index (χ0n) is 9.40. The molecule has 0 bridgehead atoms. The molecule has 16 heavy (non-hydrogen) atoms. The van der Waals surface area contributed by atoms with Crippen LogP contribution in [0.3, 0.4) is 0 Å². The molecule has 3 heteroatoms. The van der Waals surface area contributed by atoms with Gasteiger partial charge in [-0.15, -0.1) is 0 Å². The predicted molar refractivity (Wildman–Crippen MR) is 64.0 cm³/mol. The van der Waals surface area contributed by atoms with Gasteiger partial charge < -0.3 is 5.32 Å². The Morgan fingerprint density at radius 1 is 1.25 bits per heavy atom. The van der Waals surface area contributed by atoms with Crippen LogP contribution in [0.1, 0.15) is 25.6 Å². The summed E-state index contributed by atoms with van der Waals surface area (Å²) in [5, 5.41) is 3.93. The van der Waals surface area contributed by atoms with Gasteiger partial charge in [0.25, 0.3) is 0 Å². The van der Waals surface area contributed by atoms with Crippen LogP contribution in [0, 0.1) is 0 Å². The van der Waals surface area contributed by atoms with Crippen LogP contribution in [0.25, 0.3) is 10.9 Å². The molecule has 1 atom stereocenters. The molecule has 1 N–H and O–H groups in total. The third-order valence-electron chi connectivity index (χ3n) is 2.48. The molecular formula is C13H14N2O. The highest BCUT2D eigenvalue weighted by Crippen LogP contribution is 2.16. The number of nitrogens with one attached hydrogen (secondary N) is 1. The highest BCUT2D eigenvalue weighted by molar-refractivity contribution is 5.78. The van der Waals surface area contributed by atoms with E-state index >= 15 is 0 Å². The first-order valence-electron chi connectivity index (χ1n) is 5.29. The normalized spacial score (nSPS) is 12.4. The highest BCUT2D eigenvalue weighted by Gasteiger charge is 2.08. The maximum atomic E-state index is 11.0. The standard InChI is InChI=1S/C13H14N2O/c1-9(14-10(2)16)12-8-7-11-5-3-4-6-13(11)15-12/h3-9H,1-2H3,(H,14,16). The summed E-state index contributed by atoms with van der Waals surface area (Å²) in [6, 6.07) is 11.9. The summed E-state index contributed by atoms with van der Waals surface area (Å²) in [5.74, 6) is -0.0394. The van der Waals surface area contributed by atoms with E-state index < -0.39 is 0 Å². The molecule has 1 aromatic carbocycles. The van der Waals surface area contributed by atoms with Crippen molar-refractivity contribution in [1.29, 1.82) is 0 Å². The molecular weight excluding hydrogens is 200 g/mol. The lowest BCUT2D eigenvalue weighted by Gasteiger charge is -2.12. The monoisotopic (exact) mass is 214 g/mol. The Balaban J connectivity index is 2.35. The lowest BCUT2D eigenvalue weighted by atomic mass is 10.1. The minimum atomic E-state index is -0.0536. The van der Waals surface area contributed by atoms with Gasteiger partial charge in [-0.3, -0.25) is 9.78 Å². The summed E-state index contributed by atoms with van der Waals surface area (Å²) in [5.41, 5.74) is 1.84. The van der Waals surface area contributed by atoms with Crippen molar-refractivity contribution in [3.8, 4) is 0 Å². The van der Waals surface area contributed by atoms with E-state index in [1.807, 2.05) is 43.3 Å². The van der Waals surface area contributed by atoms with Gasteiger partial charge in [0, 0.05) is 12.3 Å². The number of nitrogens with zero attached hydrogens (tertiary/aromatic N) is 1. The summed E-state index contributed by atoms with van der Waals surface area (Å²) in [6.45, 7) is 3.44. The van der Waals surface area contributed by atoms with E-state index in [2.05, 4.69) is 10.3 Å². The van der Waals surface area contributed by atoms with Crippen LogP contribution in [-0.2, 0) is 4.79 Å². The number of para-hydroxylation sites is 1. The molecule has 0 radical (unpaired) electrons. The van der Waals surface area contributed by atoms with Gasteiger partial charge in [0.1, 0.15) is 0 Å². The van der Waals surface area contributed by atoms with Crippen LogP contribution in [0.2, 0.25) is 0 Å². The Bertz CT molecular complexity index is 522. The Hall–Kier alpha value is -1.90. The van der Waals surface area contributed by atoms with E-state index in [9.17, 15) is 4.79 Å². The summed E-state index contributed by atoms with van der Waals surface area (Å²) in [6.07, 6.45) is 0. The summed E-state index contributed by atoms with van der Waals surface area (Å²) in [4.78, 5) is 15.5. The maximum absolute atomic E-state index is 11.0. The van der Waals surface area contributed by atoms with Crippen molar-refractivity contribution < 1.29 is 4.79 Å². The molecule has 0 aliphatic heterocycles. The molecule has 0 saturated carbocycles. The van der Waals surface area contributed by atoms with E-state index in [0.717, 1.165) is 16.6 Å². The van der Waals surface area contributed by atoms with Gasteiger partial charge in [0.15, 0.2) is 0 Å². The van der Waals surface area contributed by atoms with Crippen LogP contribution in [0.4, 0.5) is 0 Å². The van der Waals surface area contributed by atoms with E-state index in [1.54, 1.807) is 0 Å². The Labute approximate surface area is 94.5 Å². The van der Waals surface area contributed by atoms with Crippen molar-refractivity contribution in [1.82, 2.24) is 10.3 Å². The number of benzene rings is 1. The number of pyridine rings is 1. The zero-order valence-corrected chi connectivity index (χ0v) is 9.40. The molecule has 82 valence electrons. The number of carbonyl (C=O) groups excluding carboxylic acids is 1. The Morgan fingerprint density at radius 2 is 2.00 bits per heavy atom. The summed E-state index contributed by atoms with van der Waals surface area (Å²) >= 11 is 0. The number of fused-ring (bicyclic) bond motifs is 1. The average Bonchev–Trinajstić information content (AvgIpc) is 2.27. The third-order valence-corrected chi connectivity index (χ3v) is 2.48. The second-order valence-electron chi connectivity index (χ2n) is 3.85. The minimum Gasteiger partial charge on any atom is -0.348 e. The van der Waals surface area contributed by atoms with Crippen molar-refractivity contribution >= 4 is 16.8 Å². The van der Waals surface area contributed by atoms with E-state index in [4.69, 9.17) is 0 Å². The van der Waals surface area contributed by atoms with Crippen molar-refractivity contribution in [2.45, 2.75) is 19.9 Å². The van der Waals surface area contributed by atoms with Gasteiger partial charge in [-0.2, -0.15) is 0 Å². The number of rotatable bonds is 2.